The fourth-order valence-corrected chi connectivity index (χ4v) is 15.9. The lowest BCUT2D eigenvalue weighted by Gasteiger charge is -2.42. The molecule has 2 heteroatoms. The molecular formula is C58H104O2. The number of unbranched alkanes of at least 4 members (excludes halogenated alkanes) is 6. The summed E-state index contributed by atoms with van der Waals surface area (Å²) in [4.78, 5) is 0. The van der Waals surface area contributed by atoms with E-state index in [0.717, 1.165) is 84.2 Å². The van der Waals surface area contributed by atoms with Gasteiger partial charge in [0.05, 0.1) is 12.2 Å². The maximum absolute atomic E-state index is 6.29. The number of rotatable bonds is 22. The average Bonchev–Trinajstić information content (AvgIpc) is 3.31. The van der Waals surface area contributed by atoms with Crippen LogP contribution in [-0.2, 0) is 9.47 Å². The van der Waals surface area contributed by atoms with Crippen molar-refractivity contribution < 1.29 is 9.47 Å². The fourth-order valence-electron chi connectivity index (χ4n) is 15.9. The first-order chi connectivity index (χ1) is 29.6. The van der Waals surface area contributed by atoms with Crippen molar-refractivity contribution in [2.75, 3.05) is 13.2 Å². The smallest absolute Gasteiger partial charge is 0.0575 e. The number of hydrogen-bond donors (Lipinski definition) is 0. The highest BCUT2D eigenvalue weighted by atomic mass is 16.5. The molecule has 7 aliphatic rings. The molecule has 7 fully saturated rings. The maximum atomic E-state index is 6.29. The molecular weight excluding hydrogens is 729 g/mol. The van der Waals surface area contributed by atoms with Crippen molar-refractivity contribution in [3.05, 3.63) is 0 Å². The third-order valence-corrected chi connectivity index (χ3v) is 20.1. The Balaban J connectivity index is 0.692. The Morgan fingerprint density at radius 2 is 0.567 bits per heavy atom. The molecule has 60 heavy (non-hydrogen) atoms. The molecule has 0 amide bonds. The molecule has 0 saturated heterocycles. The van der Waals surface area contributed by atoms with Crippen molar-refractivity contribution in [3.8, 4) is 0 Å². The number of ether oxygens (including phenoxy) is 2. The van der Waals surface area contributed by atoms with E-state index in [1.54, 1.807) is 154 Å². The van der Waals surface area contributed by atoms with Gasteiger partial charge in [0.15, 0.2) is 0 Å². The molecule has 0 aromatic carbocycles. The lowest BCUT2D eigenvalue weighted by molar-refractivity contribution is 0.00512. The molecule has 7 aliphatic carbocycles. The zero-order valence-electron chi connectivity index (χ0n) is 40.6. The van der Waals surface area contributed by atoms with Gasteiger partial charge in [-0.2, -0.15) is 0 Å². The van der Waals surface area contributed by atoms with Crippen molar-refractivity contribution >= 4 is 0 Å². The van der Waals surface area contributed by atoms with E-state index in [-0.39, 0.29) is 0 Å². The predicted octanol–water partition coefficient (Wildman–Crippen LogP) is 17.9. The summed E-state index contributed by atoms with van der Waals surface area (Å²) >= 11 is 0. The molecule has 7 rings (SSSR count). The van der Waals surface area contributed by atoms with Gasteiger partial charge in [0, 0.05) is 13.2 Å². The summed E-state index contributed by atoms with van der Waals surface area (Å²) in [5, 5.41) is 0. The molecule has 0 N–H and O–H groups in total. The predicted molar refractivity (Wildman–Crippen MR) is 257 cm³/mol. The minimum absolute atomic E-state index is 0.583. The van der Waals surface area contributed by atoms with Gasteiger partial charge in [-0.05, 0) is 193 Å². The molecule has 2 nitrogen and oxygen atoms in total. The molecule has 7 saturated carbocycles. The van der Waals surface area contributed by atoms with Crippen LogP contribution in [-0.4, -0.2) is 25.4 Å². The Morgan fingerprint density at radius 3 is 0.867 bits per heavy atom. The van der Waals surface area contributed by atoms with Crippen molar-refractivity contribution in [1.82, 2.24) is 0 Å². The van der Waals surface area contributed by atoms with Gasteiger partial charge in [-0.25, -0.2) is 0 Å². The molecule has 0 heterocycles. The Morgan fingerprint density at radius 1 is 0.283 bits per heavy atom. The minimum Gasteiger partial charge on any atom is -0.378 e. The maximum Gasteiger partial charge on any atom is 0.0575 e. The molecule has 0 bridgehead atoms. The monoisotopic (exact) mass is 833 g/mol. The van der Waals surface area contributed by atoms with E-state index in [9.17, 15) is 0 Å². The van der Waals surface area contributed by atoms with Gasteiger partial charge in [-0.1, -0.05) is 149 Å². The second kappa shape index (κ2) is 26.8. The Hall–Kier alpha value is -0.0800. The highest BCUT2D eigenvalue weighted by Crippen LogP contribution is 2.49. The highest BCUT2D eigenvalue weighted by Gasteiger charge is 2.37. The summed E-state index contributed by atoms with van der Waals surface area (Å²) in [7, 11) is 0. The topological polar surface area (TPSA) is 18.5 Å². The standard InChI is InChI=1S/C58H104O2/c1-3-5-7-9-42-59-57-38-34-51(35-39-57)49-26-18-45(19-27-49)14-16-47-22-30-53(31-23-47)55-12-11-13-56(44-55)54-32-24-48(25-33-54)17-15-46-20-28-50(29-21-46)52-36-40-58(41-37-52)60-43-10-8-6-4-2/h45-58H,3-44H2,1-2H3. The summed E-state index contributed by atoms with van der Waals surface area (Å²) in [6.07, 6.45) is 60.7. The SMILES string of the molecule is CCCCCCOC1CCC(C2CCC(CCC3CCC(C4CCCC(C5CCC(CCC6CCC(C7CCC(OCCCCCC)CC7)CC6)CC5)C4)CC3)CC2)CC1. The van der Waals surface area contributed by atoms with Crippen LogP contribution in [0.3, 0.4) is 0 Å². The van der Waals surface area contributed by atoms with Gasteiger partial charge in [-0.3, -0.25) is 0 Å². The molecule has 2 atom stereocenters. The third kappa shape index (κ3) is 15.5. The Kier molecular flexibility index (Phi) is 21.4. The molecule has 0 aromatic heterocycles. The van der Waals surface area contributed by atoms with E-state index in [4.69, 9.17) is 9.47 Å². The first-order valence-corrected chi connectivity index (χ1v) is 28.9. The van der Waals surface area contributed by atoms with Crippen molar-refractivity contribution in [2.45, 2.75) is 283 Å². The van der Waals surface area contributed by atoms with Crippen LogP contribution in [0.15, 0.2) is 0 Å². The average molecular weight is 833 g/mol. The van der Waals surface area contributed by atoms with Gasteiger partial charge in [0.25, 0.3) is 0 Å². The van der Waals surface area contributed by atoms with Crippen LogP contribution < -0.4 is 0 Å². The second-order valence-electron chi connectivity index (χ2n) is 23.9. The molecule has 0 aromatic rings. The second-order valence-corrected chi connectivity index (χ2v) is 23.9. The first-order valence-electron chi connectivity index (χ1n) is 28.9. The zero-order valence-corrected chi connectivity index (χ0v) is 40.6. The molecule has 0 radical (unpaired) electrons. The van der Waals surface area contributed by atoms with E-state index >= 15 is 0 Å². The highest BCUT2D eigenvalue weighted by molar-refractivity contribution is 4.89. The van der Waals surface area contributed by atoms with Gasteiger partial charge >= 0.3 is 0 Å². The lowest BCUT2D eigenvalue weighted by atomic mass is 9.63. The minimum atomic E-state index is 0.583. The van der Waals surface area contributed by atoms with Crippen molar-refractivity contribution in [1.29, 1.82) is 0 Å². The van der Waals surface area contributed by atoms with E-state index < -0.39 is 0 Å². The molecule has 0 aliphatic heterocycles. The quantitative estimate of drug-likeness (QED) is 0.101. The third-order valence-electron chi connectivity index (χ3n) is 20.1. The van der Waals surface area contributed by atoms with Crippen molar-refractivity contribution in [2.24, 2.45) is 71.0 Å². The van der Waals surface area contributed by atoms with Crippen molar-refractivity contribution in [3.63, 3.8) is 0 Å². The summed E-state index contributed by atoms with van der Waals surface area (Å²) in [6.45, 7) is 6.64. The summed E-state index contributed by atoms with van der Waals surface area (Å²) in [5.74, 6) is 12.7. The van der Waals surface area contributed by atoms with E-state index in [0.29, 0.717) is 12.2 Å². The summed E-state index contributed by atoms with van der Waals surface area (Å²) < 4.78 is 12.6. The van der Waals surface area contributed by atoms with Crippen LogP contribution in [0.25, 0.3) is 0 Å². The summed E-state index contributed by atoms with van der Waals surface area (Å²) in [5.41, 5.74) is 0. The molecule has 2 unspecified atom stereocenters. The molecule has 0 spiro atoms. The zero-order chi connectivity index (χ0) is 41.2. The van der Waals surface area contributed by atoms with Crippen LogP contribution in [0, 0.1) is 71.0 Å². The van der Waals surface area contributed by atoms with Gasteiger partial charge in [-0.15, -0.1) is 0 Å². The largest absolute Gasteiger partial charge is 0.378 e. The van der Waals surface area contributed by atoms with E-state index in [1.165, 1.54) is 103 Å². The van der Waals surface area contributed by atoms with Crippen LogP contribution in [0.1, 0.15) is 271 Å². The van der Waals surface area contributed by atoms with E-state index in [1.807, 2.05) is 0 Å². The number of hydrogen-bond acceptors (Lipinski definition) is 2. The Labute approximate surface area is 375 Å². The van der Waals surface area contributed by atoms with Crippen LogP contribution in [0.4, 0.5) is 0 Å². The fraction of sp³-hybridized carbons (Fsp3) is 1.00. The van der Waals surface area contributed by atoms with Gasteiger partial charge in [0.2, 0.25) is 0 Å². The van der Waals surface area contributed by atoms with Crippen LogP contribution in [0.5, 0.6) is 0 Å². The Bertz CT molecular complexity index is 986. The van der Waals surface area contributed by atoms with Gasteiger partial charge < -0.3 is 9.47 Å². The lowest BCUT2D eigenvalue weighted by Crippen LogP contribution is -2.31. The van der Waals surface area contributed by atoms with Gasteiger partial charge in [0.1, 0.15) is 0 Å². The van der Waals surface area contributed by atoms with Crippen LogP contribution in [0.2, 0.25) is 0 Å². The summed E-state index contributed by atoms with van der Waals surface area (Å²) in [6, 6.07) is 0. The van der Waals surface area contributed by atoms with E-state index in [2.05, 4.69) is 13.8 Å². The first kappa shape index (κ1) is 47.9. The molecule has 348 valence electrons. The normalized spacial score (nSPS) is 39.7. The van der Waals surface area contributed by atoms with Crippen LogP contribution >= 0.6 is 0 Å².